The van der Waals surface area contributed by atoms with Crippen molar-refractivity contribution < 1.29 is 4.74 Å². The van der Waals surface area contributed by atoms with Gasteiger partial charge >= 0.3 is 6.01 Å². The number of tetrazole rings is 1. The molecule has 29 heavy (non-hydrogen) atoms. The number of ether oxygens (including phenoxy) is 1. The average molecular weight is 389 g/mol. The normalized spacial score (nSPS) is 11.6. The Morgan fingerprint density at radius 2 is 1.72 bits per heavy atom. The lowest BCUT2D eigenvalue weighted by Gasteiger charge is -2.21. The summed E-state index contributed by atoms with van der Waals surface area (Å²) in [5.74, 6) is 1.52. The summed E-state index contributed by atoms with van der Waals surface area (Å²) in [6.45, 7) is 6.30. The Labute approximate surface area is 169 Å². The third kappa shape index (κ3) is 3.87. The van der Waals surface area contributed by atoms with Gasteiger partial charge in [0.25, 0.3) is 0 Å². The topological polar surface area (TPSA) is 94.4 Å². The zero-order valence-electron chi connectivity index (χ0n) is 16.9. The van der Waals surface area contributed by atoms with Crippen LogP contribution in [0.4, 0.5) is 0 Å². The predicted octanol–water partition coefficient (Wildman–Crippen LogP) is 3.48. The fourth-order valence-corrected chi connectivity index (χ4v) is 3.26. The monoisotopic (exact) mass is 389 g/mol. The molecule has 0 aliphatic rings. The Morgan fingerprint density at radius 3 is 2.34 bits per heavy atom. The first kappa shape index (κ1) is 18.8. The molecule has 0 aliphatic carbocycles. The molecule has 2 aromatic carbocycles. The van der Waals surface area contributed by atoms with Gasteiger partial charge in [0.2, 0.25) is 0 Å². The minimum absolute atomic E-state index is 0.177. The van der Waals surface area contributed by atoms with Crippen molar-refractivity contribution >= 4 is 0 Å². The molecule has 0 unspecified atom stereocenters. The summed E-state index contributed by atoms with van der Waals surface area (Å²) >= 11 is 0. The van der Waals surface area contributed by atoms with Crippen LogP contribution in [0.3, 0.4) is 0 Å². The molecule has 0 aliphatic heterocycles. The van der Waals surface area contributed by atoms with Crippen molar-refractivity contribution in [3.05, 3.63) is 59.9 Å². The molecule has 4 rings (SSSR count). The van der Waals surface area contributed by atoms with Gasteiger partial charge in [0, 0.05) is 12.0 Å². The van der Waals surface area contributed by atoms with Crippen molar-refractivity contribution in [2.45, 2.75) is 32.7 Å². The van der Waals surface area contributed by atoms with E-state index in [0.717, 1.165) is 28.1 Å². The fraction of sp³-hybridized carbons (Fsp3) is 0.286. The van der Waals surface area contributed by atoms with Crippen LogP contribution in [0.1, 0.15) is 32.2 Å². The molecule has 0 amide bonds. The van der Waals surface area contributed by atoms with Gasteiger partial charge in [0.05, 0.1) is 12.6 Å². The number of aromatic amines is 1. The van der Waals surface area contributed by atoms with Gasteiger partial charge in [-0.1, -0.05) is 48.5 Å². The van der Waals surface area contributed by atoms with Gasteiger partial charge in [0.15, 0.2) is 5.82 Å². The largest absolute Gasteiger partial charge is 0.466 e. The van der Waals surface area contributed by atoms with Crippen molar-refractivity contribution in [2.24, 2.45) is 0 Å². The molecular formula is C21H23N7O. The molecule has 148 valence electrons. The summed E-state index contributed by atoms with van der Waals surface area (Å²) in [6.07, 6.45) is 0.668. The molecule has 0 bridgehead atoms. The maximum atomic E-state index is 5.23. The Kier molecular flexibility index (Phi) is 4.84. The quantitative estimate of drug-likeness (QED) is 0.562. The average Bonchev–Trinajstić information content (AvgIpc) is 3.38. The number of methoxy groups -OCH3 is 1. The third-order valence-electron chi connectivity index (χ3n) is 4.63. The lowest BCUT2D eigenvalue weighted by Crippen LogP contribution is -2.25. The Morgan fingerprint density at radius 1 is 1.00 bits per heavy atom. The highest BCUT2D eigenvalue weighted by Gasteiger charge is 2.21. The van der Waals surface area contributed by atoms with Gasteiger partial charge in [0.1, 0.15) is 5.82 Å². The first-order chi connectivity index (χ1) is 14.0. The van der Waals surface area contributed by atoms with E-state index in [1.165, 1.54) is 0 Å². The second-order valence-corrected chi connectivity index (χ2v) is 7.77. The summed E-state index contributed by atoms with van der Waals surface area (Å²) in [4.78, 5) is 4.52. The molecule has 4 aromatic rings. The minimum Gasteiger partial charge on any atom is -0.466 e. The van der Waals surface area contributed by atoms with Crippen LogP contribution < -0.4 is 4.74 Å². The van der Waals surface area contributed by atoms with E-state index in [2.05, 4.69) is 81.8 Å². The summed E-state index contributed by atoms with van der Waals surface area (Å²) < 4.78 is 7.15. The van der Waals surface area contributed by atoms with Crippen molar-refractivity contribution in [3.63, 3.8) is 0 Å². The fourth-order valence-electron chi connectivity index (χ4n) is 3.26. The van der Waals surface area contributed by atoms with Crippen molar-refractivity contribution in [1.82, 2.24) is 35.4 Å². The molecule has 1 N–H and O–H groups in total. The van der Waals surface area contributed by atoms with Crippen LogP contribution in [0.25, 0.3) is 22.5 Å². The number of nitrogens with zero attached hydrogens (tertiary/aromatic N) is 6. The van der Waals surface area contributed by atoms with E-state index >= 15 is 0 Å². The van der Waals surface area contributed by atoms with Gasteiger partial charge < -0.3 is 4.74 Å². The second kappa shape index (κ2) is 7.46. The lowest BCUT2D eigenvalue weighted by molar-refractivity contribution is 0.323. The van der Waals surface area contributed by atoms with Gasteiger partial charge in [-0.25, -0.2) is 9.78 Å². The van der Waals surface area contributed by atoms with E-state index in [-0.39, 0.29) is 5.54 Å². The highest BCUT2D eigenvalue weighted by atomic mass is 16.5. The van der Waals surface area contributed by atoms with Crippen LogP contribution in [0.15, 0.2) is 48.5 Å². The maximum absolute atomic E-state index is 5.23. The minimum atomic E-state index is -0.177. The predicted molar refractivity (Wildman–Crippen MR) is 109 cm³/mol. The van der Waals surface area contributed by atoms with Crippen LogP contribution in [-0.2, 0) is 12.0 Å². The van der Waals surface area contributed by atoms with Crippen molar-refractivity contribution in [3.8, 4) is 28.5 Å². The Bertz CT molecular complexity index is 1090. The SMILES string of the molecule is COc1nc(Cc2ccc(-c3ccccc3-c3nnn[nH]3)cc2)n(C(C)(C)C)n1. The van der Waals surface area contributed by atoms with Crippen molar-refractivity contribution in [1.29, 1.82) is 0 Å². The van der Waals surface area contributed by atoms with E-state index in [9.17, 15) is 0 Å². The van der Waals surface area contributed by atoms with Gasteiger partial charge in [-0.05, 0) is 47.9 Å². The van der Waals surface area contributed by atoms with E-state index < -0.39 is 0 Å². The third-order valence-corrected chi connectivity index (χ3v) is 4.63. The van der Waals surface area contributed by atoms with E-state index in [0.29, 0.717) is 18.3 Å². The number of hydrogen-bond donors (Lipinski definition) is 1. The van der Waals surface area contributed by atoms with E-state index in [1.807, 2.05) is 22.9 Å². The van der Waals surface area contributed by atoms with Crippen LogP contribution in [-0.4, -0.2) is 42.5 Å². The molecular weight excluding hydrogens is 366 g/mol. The molecule has 0 atom stereocenters. The number of H-pyrrole nitrogens is 1. The van der Waals surface area contributed by atoms with Crippen LogP contribution in [0, 0.1) is 0 Å². The van der Waals surface area contributed by atoms with E-state index in [4.69, 9.17) is 4.74 Å². The molecule has 2 heterocycles. The number of nitrogens with one attached hydrogen (secondary N) is 1. The van der Waals surface area contributed by atoms with Crippen LogP contribution in [0.5, 0.6) is 6.01 Å². The van der Waals surface area contributed by atoms with Gasteiger partial charge in [-0.15, -0.1) is 10.2 Å². The molecule has 8 heteroatoms. The van der Waals surface area contributed by atoms with Gasteiger partial charge in [-0.3, -0.25) is 0 Å². The summed E-state index contributed by atoms with van der Waals surface area (Å²) in [6, 6.07) is 16.9. The molecule has 0 saturated carbocycles. The molecule has 0 saturated heterocycles. The lowest BCUT2D eigenvalue weighted by atomic mass is 9.97. The highest BCUT2D eigenvalue weighted by molar-refractivity contribution is 5.80. The van der Waals surface area contributed by atoms with E-state index in [1.54, 1.807) is 7.11 Å². The first-order valence-electron chi connectivity index (χ1n) is 9.38. The number of hydrogen-bond acceptors (Lipinski definition) is 6. The number of aromatic nitrogens is 7. The molecule has 0 spiro atoms. The zero-order chi connectivity index (χ0) is 20.4. The van der Waals surface area contributed by atoms with Gasteiger partial charge in [-0.2, -0.15) is 4.98 Å². The van der Waals surface area contributed by atoms with Crippen LogP contribution >= 0.6 is 0 Å². The maximum Gasteiger partial charge on any atom is 0.335 e. The number of rotatable bonds is 5. The molecule has 8 nitrogen and oxygen atoms in total. The molecule has 0 fully saturated rings. The molecule has 2 aromatic heterocycles. The number of benzene rings is 2. The zero-order valence-corrected chi connectivity index (χ0v) is 16.9. The summed E-state index contributed by atoms with van der Waals surface area (Å²) in [5.41, 5.74) is 4.09. The molecule has 0 radical (unpaired) electrons. The highest BCUT2D eigenvalue weighted by Crippen LogP contribution is 2.30. The summed E-state index contributed by atoms with van der Waals surface area (Å²) in [5, 5.41) is 18.7. The first-order valence-corrected chi connectivity index (χ1v) is 9.38. The summed E-state index contributed by atoms with van der Waals surface area (Å²) in [7, 11) is 1.59. The standard InChI is InChI=1S/C21H23N7O/c1-21(2,3)28-18(22-20(25-28)29-4)13-14-9-11-15(12-10-14)16-7-5-6-8-17(16)19-23-26-27-24-19/h5-12H,13H2,1-4H3,(H,23,24,26,27). The second-order valence-electron chi connectivity index (χ2n) is 7.77. The Hall–Kier alpha value is -3.55. The van der Waals surface area contributed by atoms with Crippen molar-refractivity contribution in [2.75, 3.05) is 7.11 Å². The van der Waals surface area contributed by atoms with Crippen LogP contribution in [0.2, 0.25) is 0 Å². The smallest absolute Gasteiger partial charge is 0.335 e. The Balaban J connectivity index is 1.63.